The molecular weight excluding hydrogens is 410 g/mol. The fourth-order valence-electron chi connectivity index (χ4n) is 4.24. The van der Waals surface area contributed by atoms with Gasteiger partial charge in [-0.25, -0.2) is 0 Å². The van der Waals surface area contributed by atoms with Crippen LogP contribution in [0.15, 0.2) is 76.3 Å². The molecule has 0 spiro atoms. The molecule has 6 nitrogen and oxygen atoms in total. The van der Waals surface area contributed by atoms with E-state index in [1.165, 1.54) is 0 Å². The Kier molecular flexibility index (Phi) is 4.57. The number of benzene rings is 2. The summed E-state index contributed by atoms with van der Waals surface area (Å²) in [5.41, 5.74) is 7.11. The Labute approximate surface area is 190 Å². The average Bonchev–Trinajstić information content (AvgIpc) is 3.48. The zero-order valence-corrected chi connectivity index (χ0v) is 18.3. The van der Waals surface area contributed by atoms with E-state index >= 15 is 0 Å². The number of amidine groups is 1. The van der Waals surface area contributed by atoms with Crippen molar-refractivity contribution in [1.29, 1.82) is 5.41 Å². The first kappa shape index (κ1) is 19.5. The molecule has 0 saturated carbocycles. The number of fused-ring (bicyclic) bond motifs is 2. The minimum absolute atomic E-state index is 0.523. The largest absolute Gasteiger partial charge is 0.456 e. The molecule has 1 aliphatic rings. The smallest absolute Gasteiger partial charge is 0.136 e. The number of furan rings is 1. The Morgan fingerprint density at radius 1 is 0.970 bits per heavy atom. The van der Waals surface area contributed by atoms with Crippen molar-refractivity contribution in [2.45, 2.75) is 13.3 Å². The number of nitrogens with zero attached hydrogens (tertiary/aromatic N) is 2. The Morgan fingerprint density at radius 3 is 2.64 bits per heavy atom. The Balaban J connectivity index is 1.30. The number of hydrogen-bond donors (Lipinski definition) is 3. The molecule has 6 heteroatoms. The van der Waals surface area contributed by atoms with Crippen molar-refractivity contribution in [1.82, 2.24) is 15.3 Å². The van der Waals surface area contributed by atoms with E-state index in [0.29, 0.717) is 5.71 Å². The number of nitrogens with one attached hydrogen (secondary N) is 3. The van der Waals surface area contributed by atoms with Crippen LogP contribution in [0.2, 0.25) is 0 Å². The van der Waals surface area contributed by atoms with Gasteiger partial charge < -0.3 is 20.1 Å². The van der Waals surface area contributed by atoms with E-state index in [2.05, 4.69) is 44.5 Å². The molecule has 0 bridgehead atoms. The number of rotatable bonds is 4. The molecule has 162 valence electrons. The van der Waals surface area contributed by atoms with Gasteiger partial charge in [0.05, 0.1) is 11.4 Å². The second-order valence-corrected chi connectivity index (χ2v) is 8.42. The van der Waals surface area contributed by atoms with Crippen molar-refractivity contribution in [3.63, 3.8) is 0 Å². The number of aromatic amines is 1. The summed E-state index contributed by atoms with van der Waals surface area (Å²) in [5.74, 6) is 1.74. The molecule has 3 aromatic heterocycles. The minimum Gasteiger partial charge on any atom is -0.456 e. The average molecular weight is 434 g/mol. The normalized spacial score (nSPS) is 13.8. The van der Waals surface area contributed by atoms with Gasteiger partial charge in [0.15, 0.2) is 0 Å². The molecular formula is C27H23N5O. The monoisotopic (exact) mass is 433 g/mol. The summed E-state index contributed by atoms with van der Waals surface area (Å²) in [4.78, 5) is 12.8. The van der Waals surface area contributed by atoms with Crippen LogP contribution in [0.25, 0.3) is 44.6 Å². The van der Waals surface area contributed by atoms with E-state index in [9.17, 15) is 0 Å². The lowest BCUT2D eigenvalue weighted by Crippen LogP contribution is -2.30. The van der Waals surface area contributed by atoms with Crippen LogP contribution >= 0.6 is 0 Å². The number of H-pyrrole nitrogens is 1. The Hall–Kier alpha value is -4.19. The highest BCUT2D eigenvalue weighted by atomic mass is 16.3. The second-order valence-electron chi connectivity index (χ2n) is 8.42. The maximum Gasteiger partial charge on any atom is 0.136 e. The maximum atomic E-state index is 7.83. The lowest BCUT2D eigenvalue weighted by molar-refractivity contribution is 0.631. The van der Waals surface area contributed by atoms with Crippen LogP contribution in [-0.2, 0) is 0 Å². The fourth-order valence-corrected chi connectivity index (χ4v) is 4.24. The SMILES string of the molecule is CC(=N)c1ccc2cc(-c3ccc(-c4cc5ccc(C6=NCCCN6)cc5[nH]4)nc3)oc2c1. The fraction of sp³-hybridized carbons (Fsp3) is 0.148. The lowest BCUT2D eigenvalue weighted by atomic mass is 10.1. The van der Waals surface area contributed by atoms with Crippen molar-refractivity contribution in [3.8, 4) is 22.7 Å². The molecule has 6 rings (SSSR count). The highest BCUT2D eigenvalue weighted by Gasteiger charge is 2.12. The Morgan fingerprint density at radius 2 is 1.85 bits per heavy atom. The molecule has 0 amide bonds. The number of aromatic nitrogens is 2. The molecule has 5 aromatic rings. The summed E-state index contributed by atoms with van der Waals surface area (Å²) in [5, 5.41) is 13.4. The maximum absolute atomic E-state index is 7.83. The topological polar surface area (TPSA) is 90.1 Å². The summed E-state index contributed by atoms with van der Waals surface area (Å²) in [7, 11) is 0. The van der Waals surface area contributed by atoms with Gasteiger partial charge in [0.1, 0.15) is 17.2 Å². The van der Waals surface area contributed by atoms with Gasteiger partial charge in [-0.3, -0.25) is 9.98 Å². The van der Waals surface area contributed by atoms with E-state index in [0.717, 1.165) is 81.1 Å². The second kappa shape index (κ2) is 7.74. The third-order valence-electron chi connectivity index (χ3n) is 6.07. The number of hydrogen-bond acceptors (Lipinski definition) is 5. The quantitative estimate of drug-likeness (QED) is 0.314. The van der Waals surface area contributed by atoms with Crippen molar-refractivity contribution >= 4 is 33.4 Å². The highest BCUT2D eigenvalue weighted by molar-refractivity contribution is 6.02. The van der Waals surface area contributed by atoms with Gasteiger partial charge in [-0.05, 0) is 55.3 Å². The van der Waals surface area contributed by atoms with Crippen LogP contribution in [-0.4, -0.2) is 34.6 Å². The van der Waals surface area contributed by atoms with Crippen LogP contribution in [0.3, 0.4) is 0 Å². The van der Waals surface area contributed by atoms with Gasteiger partial charge in [-0.1, -0.05) is 24.3 Å². The first-order chi connectivity index (χ1) is 16.1. The molecule has 4 heterocycles. The first-order valence-corrected chi connectivity index (χ1v) is 11.1. The standard InChI is InChI=1S/C27H23N5O/c1-16(28)17-3-5-19-14-26(33-25(19)13-17)21-7-8-22(31-15-21)24-11-18-4-6-20(12-23(18)32-24)27-29-9-2-10-30-27/h3-8,11-15,28,32H,2,9-10H2,1H3,(H,29,30). The van der Waals surface area contributed by atoms with Gasteiger partial charge in [0.25, 0.3) is 0 Å². The summed E-state index contributed by atoms with van der Waals surface area (Å²) >= 11 is 0. The van der Waals surface area contributed by atoms with Crippen molar-refractivity contribution < 1.29 is 4.42 Å². The highest BCUT2D eigenvalue weighted by Crippen LogP contribution is 2.30. The van der Waals surface area contributed by atoms with Gasteiger partial charge >= 0.3 is 0 Å². The van der Waals surface area contributed by atoms with Crippen molar-refractivity contribution in [3.05, 3.63) is 78.0 Å². The van der Waals surface area contributed by atoms with E-state index in [-0.39, 0.29) is 0 Å². The molecule has 0 fully saturated rings. The summed E-state index contributed by atoms with van der Waals surface area (Å²) in [6.07, 6.45) is 2.92. The van der Waals surface area contributed by atoms with Crippen LogP contribution in [0.4, 0.5) is 0 Å². The van der Waals surface area contributed by atoms with Gasteiger partial charge in [0, 0.05) is 52.4 Å². The third-order valence-corrected chi connectivity index (χ3v) is 6.07. The van der Waals surface area contributed by atoms with Crippen LogP contribution in [0.5, 0.6) is 0 Å². The van der Waals surface area contributed by atoms with E-state index in [4.69, 9.17) is 9.83 Å². The predicted molar refractivity (Wildman–Crippen MR) is 133 cm³/mol. The van der Waals surface area contributed by atoms with Gasteiger partial charge in [-0.15, -0.1) is 0 Å². The molecule has 0 saturated heterocycles. The van der Waals surface area contributed by atoms with Gasteiger partial charge in [-0.2, -0.15) is 0 Å². The molecule has 0 unspecified atom stereocenters. The summed E-state index contributed by atoms with van der Waals surface area (Å²) in [6.45, 7) is 3.62. The summed E-state index contributed by atoms with van der Waals surface area (Å²) < 4.78 is 6.05. The molecule has 0 radical (unpaired) electrons. The van der Waals surface area contributed by atoms with E-state index in [1.54, 1.807) is 6.92 Å². The van der Waals surface area contributed by atoms with Gasteiger partial charge in [0.2, 0.25) is 0 Å². The molecule has 1 aliphatic heterocycles. The van der Waals surface area contributed by atoms with Crippen LogP contribution < -0.4 is 5.32 Å². The molecule has 2 aromatic carbocycles. The van der Waals surface area contributed by atoms with Crippen LogP contribution in [0, 0.1) is 5.41 Å². The third kappa shape index (κ3) is 3.59. The molecule has 3 N–H and O–H groups in total. The zero-order chi connectivity index (χ0) is 22.4. The zero-order valence-electron chi connectivity index (χ0n) is 18.3. The first-order valence-electron chi connectivity index (χ1n) is 11.1. The molecule has 0 atom stereocenters. The van der Waals surface area contributed by atoms with Crippen molar-refractivity contribution in [2.75, 3.05) is 13.1 Å². The van der Waals surface area contributed by atoms with Crippen molar-refractivity contribution in [2.24, 2.45) is 4.99 Å². The number of pyridine rings is 1. The lowest BCUT2D eigenvalue weighted by Gasteiger charge is -2.14. The van der Waals surface area contributed by atoms with E-state index < -0.39 is 0 Å². The van der Waals surface area contributed by atoms with Crippen LogP contribution in [0.1, 0.15) is 24.5 Å². The molecule has 33 heavy (non-hydrogen) atoms. The summed E-state index contributed by atoms with van der Waals surface area (Å²) in [6, 6.07) is 20.4. The minimum atomic E-state index is 0.523. The number of aliphatic imine (C=N–C) groups is 1. The Bertz CT molecular complexity index is 1540. The van der Waals surface area contributed by atoms with E-state index in [1.807, 2.05) is 42.6 Å². The molecule has 0 aliphatic carbocycles. The predicted octanol–water partition coefficient (Wildman–Crippen LogP) is 5.77.